The number of pyridine rings is 1. The van der Waals surface area contributed by atoms with Crippen LogP contribution in [-0.4, -0.2) is 22.4 Å². The Morgan fingerprint density at radius 3 is 2.95 bits per heavy atom. The zero-order chi connectivity index (χ0) is 13.5. The molecule has 0 aliphatic heterocycles. The van der Waals surface area contributed by atoms with E-state index in [-0.39, 0.29) is 5.91 Å². The van der Waals surface area contributed by atoms with Crippen LogP contribution in [0.3, 0.4) is 0 Å². The minimum atomic E-state index is -0.0218. The first-order chi connectivity index (χ1) is 9.28. The molecule has 0 bridgehead atoms. The number of amides is 1. The van der Waals surface area contributed by atoms with Gasteiger partial charge >= 0.3 is 0 Å². The van der Waals surface area contributed by atoms with E-state index in [1.165, 1.54) is 11.3 Å². The second-order valence-corrected chi connectivity index (χ2v) is 5.17. The number of hydrogen-bond donors (Lipinski definition) is 1. The van der Waals surface area contributed by atoms with E-state index in [0.29, 0.717) is 18.8 Å². The molecular weight excluding hydrogens is 282 g/mol. The Hall–Kier alpha value is -1.46. The summed E-state index contributed by atoms with van der Waals surface area (Å²) in [5.74, 6) is 0.365. The Labute approximate surface area is 120 Å². The molecule has 19 heavy (non-hydrogen) atoms. The van der Waals surface area contributed by atoms with Crippen LogP contribution in [0.2, 0.25) is 0 Å². The van der Waals surface area contributed by atoms with Gasteiger partial charge < -0.3 is 5.32 Å². The third-order valence-corrected chi connectivity index (χ3v) is 3.65. The molecule has 0 aliphatic carbocycles. The molecule has 0 spiro atoms. The molecule has 0 unspecified atom stereocenters. The maximum absolute atomic E-state index is 11.7. The van der Waals surface area contributed by atoms with E-state index < -0.39 is 0 Å². The van der Waals surface area contributed by atoms with Crippen molar-refractivity contribution >= 4 is 28.8 Å². The normalized spacial score (nSPS) is 10.4. The highest BCUT2D eigenvalue weighted by molar-refractivity contribution is 7.09. The van der Waals surface area contributed by atoms with Crippen molar-refractivity contribution < 1.29 is 4.79 Å². The third-order valence-electron chi connectivity index (χ3n) is 2.48. The minimum Gasteiger partial charge on any atom is -0.355 e. The Kier molecular flexibility index (Phi) is 5.30. The highest BCUT2D eigenvalue weighted by Crippen LogP contribution is 2.11. The molecule has 4 nitrogen and oxygen atoms in total. The smallest absolute Gasteiger partial charge is 0.226 e. The van der Waals surface area contributed by atoms with Gasteiger partial charge in [-0.3, -0.25) is 9.78 Å². The number of thiazole rings is 1. The van der Waals surface area contributed by atoms with Gasteiger partial charge in [0.05, 0.1) is 18.0 Å². The van der Waals surface area contributed by atoms with Crippen molar-refractivity contribution in [1.82, 2.24) is 15.3 Å². The van der Waals surface area contributed by atoms with E-state index in [2.05, 4.69) is 15.3 Å². The van der Waals surface area contributed by atoms with Crippen LogP contribution in [0, 0.1) is 0 Å². The number of rotatable bonds is 6. The summed E-state index contributed by atoms with van der Waals surface area (Å²) in [6.07, 6.45) is 2.79. The number of nitrogens with zero attached hydrogens (tertiary/aromatic N) is 2. The molecule has 6 heteroatoms. The van der Waals surface area contributed by atoms with E-state index >= 15 is 0 Å². The summed E-state index contributed by atoms with van der Waals surface area (Å²) in [4.78, 5) is 20.1. The van der Waals surface area contributed by atoms with E-state index in [1.54, 1.807) is 6.20 Å². The van der Waals surface area contributed by atoms with Crippen molar-refractivity contribution in [3.05, 3.63) is 46.2 Å². The number of aromatic nitrogens is 2. The van der Waals surface area contributed by atoms with Crippen molar-refractivity contribution in [2.24, 2.45) is 0 Å². The van der Waals surface area contributed by atoms with Crippen LogP contribution in [0.15, 0.2) is 29.8 Å². The van der Waals surface area contributed by atoms with Crippen molar-refractivity contribution in [3.63, 3.8) is 0 Å². The van der Waals surface area contributed by atoms with Gasteiger partial charge in [-0.05, 0) is 12.1 Å². The molecule has 1 amide bonds. The summed E-state index contributed by atoms with van der Waals surface area (Å²) >= 11 is 7.13. The molecular formula is C13H14ClN3OS. The lowest BCUT2D eigenvalue weighted by atomic mass is 10.2. The lowest BCUT2D eigenvalue weighted by Gasteiger charge is -2.03. The first-order valence-electron chi connectivity index (χ1n) is 5.94. The van der Waals surface area contributed by atoms with Gasteiger partial charge in [0.2, 0.25) is 5.91 Å². The van der Waals surface area contributed by atoms with Crippen LogP contribution in [-0.2, 0) is 23.5 Å². The number of halogens is 1. The van der Waals surface area contributed by atoms with Gasteiger partial charge in [0.1, 0.15) is 5.01 Å². The van der Waals surface area contributed by atoms with Gasteiger partial charge in [-0.2, -0.15) is 0 Å². The first kappa shape index (κ1) is 14.0. The van der Waals surface area contributed by atoms with Crippen LogP contribution in [0.5, 0.6) is 0 Å². The predicted octanol–water partition coefficient (Wildman–Crippen LogP) is 2.18. The molecule has 0 fully saturated rings. The van der Waals surface area contributed by atoms with Crippen molar-refractivity contribution in [2.45, 2.75) is 18.7 Å². The number of nitrogens with one attached hydrogen (secondary N) is 1. The second kappa shape index (κ2) is 7.21. The van der Waals surface area contributed by atoms with Crippen LogP contribution >= 0.6 is 22.9 Å². The summed E-state index contributed by atoms with van der Waals surface area (Å²) in [6.45, 7) is 0.587. The van der Waals surface area contributed by atoms with Crippen LogP contribution in [0.1, 0.15) is 16.4 Å². The maximum atomic E-state index is 11.7. The fraction of sp³-hybridized carbons (Fsp3) is 0.308. The van der Waals surface area contributed by atoms with Gasteiger partial charge in [-0.1, -0.05) is 6.07 Å². The molecule has 0 saturated carbocycles. The molecule has 0 aliphatic rings. The van der Waals surface area contributed by atoms with Gasteiger partial charge in [-0.15, -0.1) is 22.9 Å². The Bertz CT molecular complexity index is 530. The lowest BCUT2D eigenvalue weighted by Crippen LogP contribution is -2.27. The predicted molar refractivity (Wildman–Crippen MR) is 76.3 cm³/mol. The minimum absolute atomic E-state index is 0.0218. The topological polar surface area (TPSA) is 54.9 Å². The molecule has 0 aromatic carbocycles. The number of carbonyl (C=O) groups excluding carboxylic acids is 1. The van der Waals surface area contributed by atoms with E-state index in [4.69, 9.17) is 11.6 Å². The third kappa shape index (κ3) is 4.61. The Morgan fingerprint density at radius 1 is 1.37 bits per heavy atom. The standard InChI is InChI=1S/C13H14ClN3OS/c14-8-11-9-19-13(17-11)7-12(18)16-6-4-10-3-1-2-5-15-10/h1-3,5,9H,4,6-8H2,(H,16,18). The van der Waals surface area contributed by atoms with Gasteiger partial charge in [-0.25, -0.2) is 4.98 Å². The fourth-order valence-corrected chi connectivity index (χ4v) is 2.59. The highest BCUT2D eigenvalue weighted by atomic mass is 35.5. The molecule has 1 N–H and O–H groups in total. The molecule has 0 atom stereocenters. The summed E-state index contributed by atoms with van der Waals surface area (Å²) in [5.41, 5.74) is 1.80. The highest BCUT2D eigenvalue weighted by Gasteiger charge is 2.07. The van der Waals surface area contributed by atoms with Crippen LogP contribution < -0.4 is 5.32 Å². The van der Waals surface area contributed by atoms with Gasteiger partial charge in [0.15, 0.2) is 0 Å². The molecule has 2 aromatic rings. The molecule has 0 saturated heterocycles. The molecule has 100 valence electrons. The van der Waals surface area contributed by atoms with E-state index in [9.17, 15) is 4.79 Å². The van der Waals surface area contributed by atoms with Crippen molar-refractivity contribution in [2.75, 3.05) is 6.54 Å². The molecule has 2 aromatic heterocycles. The largest absolute Gasteiger partial charge is 0.355 e. The van der Waals surface area contributed by atoms with E-state index in [1.807, 2.05) is 23.6 Å². The van der Waals surface area contributed by atoms with E-state index in [0.717, 1.165) is 22.8 Å². The zero-order valence-electron chi connectivity index (χ0n) is 10.3. The zero-order valence-corrected chi connectivity index (χ0v) is 11.9. The summed E-state index contributed by atoms with van der Waals surface area (Å²) < 4.78 is 0. The fourth-order valence-electron chi connectivity index (χ4n) is 1.57. The molecule has 2 rings (SSSR count). The average molecular weight is 296 g/mol. The monoisotopic (exact) mass is 295 g/mol. The molecule has 0 radical (unpaired) electrons. The summed E-state index contributed by atoms with van der Waals surface area (Å²) in [6, 6.07) is 5.76. The number of alkyl halides is 1. The summed E-state index contributed by atoms with van der Waals surface area (Å²) in [5, 5.41) is 5.54. The SMILES string of the molecule is O=C(Cc1nc(CCl)cs1)NCCc1ccccn1. The van der Waals surface area contributed by atoms with Crippen LogP contribution in [0.25, 0.3) is 0 Å². The average Bonchev–Trinajstić information content (AvgIpc) is 2.87. The maximum Gasteiger partial charge on any atom is 0.226 e. The van der Waals surface area contributed by atoms with Crippen LogP contribution in [0.4, 0.5) is 0 Å². The van der Waals surface area contributed by atoms with Gasteiger partial charge in [0.25, 0.3) is 0 Å². The molecule has 2 heterocycles. The Balaban J connectivity index is 1.73. The first-order valence-corrected chi connectivity index (χ1v) is 7.35. The summed E-state index contributed by atoms with van der Waals surface area (Å²) in [7, 11) is 0. The second-order valence-electron chi connectivity index (χ2n) is 3.96. The lowest BCUT2D eigenvalue weighted by molar-refractivity contribution is -0.120. The Morgan fingerprint density at radius 2 is 2.26 bits per heavy atom. The van der Waals surface area contributed by atoms with Crippen molar-refractivity contribution in [1.29, 1.82) is 0 Å². The quantitative estimate of drug-likeness (QED) is 0.831. The van der Waals surface area contributed by atoms with Gasteiger partial charge in [0, 0.05) is 30.2 Å². The number of hydrogen-bond acceptors (Lipinski definition) is 4. The number of carbonyl (C=O) groups is 1. The van der Waals surface area contributed by atoms with Crippen molar-refractivity contribution in [3.8, 4) is 0 Å².